The third-order valence-corrected chi connectivity index (χ3v) is 2.94. The summed E-state index contributed by atoms with van der Waals surface area (Å²) in [6, 6.07) is 20.5. The zero-order valence-electron chi connectivity index (χ0n) is 11.2. The Morgan fingerprint density at radius 3 is 2.21 bits per heavy atom. The van der Waals surface area contributed by atoms with Crippen molar-refractivity contribution in [1.29, 1.82) is 0 Å². The highest BCUT2D eigenvalue weighted by Gasteiger charge is 1.93. The Morgan fingerprint density at radius 1 is 0.789 bits per heavy atom. The molecule has 2 aromatic rings. The molecule has 0 radical (unpaired) electrons. The van der Waals surface area contributed by atoms with E-state index in [0.717, 1.165) is 38.3 Å². The van der Waals surface area contributed by atoms with Crippen LogP contribution in [0.2, 0.25) is 0 Å². The normalized spacial score (nSPS) is 10.3. The SMILES string of the molecule is c1ccc(CCNCCCOc2ccccc2)cc1. The fourth-order valence-electron chi connectivity index (χ4n) is 1.91. The van der Waals surface area contributed by atoms with E-state index in [1.807, 2.05) is 30.3 Å². The molecule has 0 unspecified atom stereocenters. The van der Waals surface area contributed by atoms with Gasteiger partial charge in [-0.25, -0.2) is 0 Å². The monoisotopic (exact) mass is 255 g/mol. The predicted octanol–water partition coefficient (Wildman–Crippen LogP) is 3.29. The summed E-state index contributed by atoms with van der Waals surface area (Å²) in [5.74, 6) is 0.951. The maximum Gasteiger partial charge on any atom is 0.119 e. The third kappa shape index (κ3) is 5.58. The molecule has 0 saturated heterocycles. The van der Waals surface area contributed by atoms with Crippen LogP contribution in [0.1, 0.15) is 12.0 Å². The summed E-state index contributed by atoms with van der Waals surface area (Å²) < 4.78 is 5.63. The van der Waals surface area contributed by atoms with Gasteiger partial charge in [0, 0.05) is 0 Å². The molecule has 0 amide bonds. The van der Waals surface area contributed by atoms with E-state index in [1.54, 1.807) is 0 Å². The van der Waals surface area contributed by atoms with Gasteiger partial charge in [-0.05, 0) is 43.6 Å². The highest BCUT2D eigenvalue weighted by atomic mass is 16.5. The van der Waals surface area contributed by atoms with Gasteiger partial charge in [-0.15, -0.1) is 0 Å². The Morgan fingerprint density at radius 2 is 1.47 bits per heavy atom. The van der Waals surface area contributed by atoms with Gasteiger partial charge in [0.1, 0.15) is 5.75 Å². The van der Waals surface area contributed by atoms with E-state index in [2.05, 4.69) is 35.6 Å². The topological polar surface area (TPSA) is 21.3 Å². The number of rotatable bonds is 8. The fourth-order valence-corrected chi connectivity index (χ4v) is 1.91. The molecule has 2 aromatic carbocycles. The van der Waals surface area contributed by atoms with E-state index >= 15 is 0 Å². The zero-order valence-corrected chi connectivity index (χ0v) is 11.2. The lowest BCUT2D eigenvalue weighted by Gasteiger charge is -2.07. The van der Waals surface area contributed by atoms with Crippen molar-refractivity contribution < 1.29 is 4.74 Å². The van der Waals surface area contributed by atoms with Gasteiger partial charge in [0.05, 0.1) is 6.61 Å². The molecule has 0 spiro atoms. The predicted molar refractivity (Wildman–Crippen MR) is 79.6 cm³/mol. The molecular weight excluding hydrogens is 234 g/mol. The second kappa shape index (κ2) is 8.33. The summed E-state index contributed by atoms with van der Waals surface area (Å²) in [4.78, 5) is 0. The molecule has 2 nitrogen and oxygen atoms in total. The quantitative estimate of drug-likeness (QED) is 0.731. The molecule has 1 N–H and O–H groups in total. The minimum Gasteiger partial charge on any atom is -0.494 e. The zero-order chi connectivity index (χ0) is 13.2. The van der Waals surface area contributed by atoms with Gasteiger partial charge in [-0.2, -0.15) is 0 Å². The van der Waals surface area contributed by atoms with E-state index in [4.69, 9.17) is 4.74 Å². The molecule has 0 bridgehead atoms. The van der Waals surface area contributed by atoms with E-state index < -0.39 is 0 Å². The summed E-state index contributed by atoms with van der Waals surface area (Å²) in [6.45, 7) is 2.79. The summed E-state index contributed by atoms with van der Waals surface area (Å²) in [5, 5.41) is 3.44. The van der Waals surface area contributed by atoms with E-state index in [0.29, 0.717) is 0 Å². The second-order valence-corrected chi connectivity index (χ2v) is 4.50. The molecule has 100 valence electrons. The van der Waals surface area contributed by atoms with Crippen LogP contribution in [-0.2, 0) is 6.42 Å². The van der Waals surface area contributed by atoms with Crippen molar-refractivity contribution in [2.45, 2.75) is 12.8 Å². The second-order valence-electron chi connectivity index (χ2n) is 4.50. The Bertz CT molecular complexity index is 398. The molecule has 0 aliphatic rings. The lowest BCUT2D eigenvalue weighted by Crippen LogP contribution is -2.20. The molecule has 0 aliphatic heterocycles. The summed E-state index contributed by atoms with van der Waals surface area (Å²) in [5.41, 5.74) is 1.38. The lowest BCUT2D eigenvalue weighted by atomic mass is 10.1. The van der Waals surface area contributed by atoms with E-state index in [1.165, 1.54) is 5.56 Å². The Labute approximate surface area is 115 Å². The van der Waals surface area contributed by atoms with Crippen LogP contribution in [0.5, 0.6) is 5.75 Å². The summed E-state index contributed by atoms with van der Waals surface area (Å²) >= 11 is 0. The molecule has 19 heavy (non-hydrogen) atoms. The van der Waals surface area contributed by atoms with Crippen LogP contribution in [0.3, 0.4) is 0 Å². The van der Waals surface area contributed by atoms with Crippen molar-refractivity contribution in [3.8, 4) is 5.75 Å². The maximum absolute atomic E-state index is 5.63. The standard InChI is InChI=1S/C17H21NO/c1-3-8-16(9-4-1)12-14-18-13-7-15-19-17-10-5-2-6-11-17/h1-6,8-11,18H,7,12-15H2. The molecule has 0 saturated carbocycles. The molecule has 2 heteroatoms. The van der Waals surface area contributed by atoms with Crippen molar-refractivity contribution in [3.05, 3.63) is 66.2 Å². The maximum atomic E-state index is 5.63. The average molecular weight is 255 g/mol. The number of hydrogen-bond donors (Lipinski definition) is 1. The number of benzene rings is 2. The van der Waals surface area contributed by atoms with Crippen molar-refractivity contribution in [2.24, 2.45) is 0 Å². The van der Waals surface area contributed by atoms with Gasteiger partial charge in [-0.3, -0.25) is 0 Å². The first-order valence-electron chi connectivity index (χ1n) is 6.87. The first-order chi connectivity index (χ1) is 9.45. The average Bonchev–Trinajstić information content (AvgIpc) is 2.48. The molecule has 0 aliphatic carbocycles. The number of nitrogens with one attached hydrogen (secondary N) is 1. The van der Waals surface area contributed by atoms with Crippen LogP contribution in [0, 0.1) is 0 Å². The van der Waals surface area contributed by atoms with E-state index in [9.17, 15) is 0 Å². The molecule has 2 rings (SSSR count). The van der Waals surface area contributed by atoms with Gasteiger partial charge in [0.2, 0.25) is 0 Å². The smallest absolute Gasteiger partial charge is 0.119 e. The van der Waals surface area contributed by atoms with Crippen LogP contribution >= 0.6 is 0 Å². The van der Waals surface area contributed by atoms with Crippen LogP contribution in [-0.4, -0.2) is 19.7 Å². The summed E-state index contributed by atoms with van der Waals surface area (Å²) in [7, 11) is 0. The van der Waals surface area contributed by atoms with Crippen molar-refractivity contribution in [1.82, 2.24) is 5.32 Å². The molecule has 0 aromatic heterocycles. The van der Waals surface area contributed by atoms with Gasteiger partial charge in [0.15, 0.2) is 0 Å². The van der Waals surface area contributed by atoms with Gasteiger partial charge in [0.25, 0.3) is 0 Å². The van der Waals surface area contributed by atoms with Crippen molar-refractivity contribution >= 4 is 0 Å². The fraction of sp³-hybridized carbons (Fsp3) is 0.294. The molecule has 0 atom stereocenters. The Kier molecular flexibility index (Phi) is 5.97. The van der Waals surface area contributed by atoms with Crippen molar-refractivity contribution in [3.63, 3.8) is 0 Å². The largest absolute Gasteiger partial charge is 0.494 e. The number of hydrogen-bond acceptors (Lipinski definition) is 2. The molecular formula is C17H21NO. The minimum absolute atomic E-state index is 0.766. The lowest BCUT2D eigenvalue weighted by molar-refractivity contribution is 0.308. The van der Waals surface area contributed by atoms with Crippen LogP contribution in [0.15, 0.2) is 60.7 Å². The van der Waals surface area contributed by atoms with Gasteiger partial charge >= 0.3 is 0 Å². The summed E-state index contributed by atoms with van der Waals surface area (Å²) in [6.07, 6.45) is 2.12. The number of ether oxygens (including phenoxy) is 1. The molecule has 0 fully saturated rings. The van der Waals surface area contributed by atoms with Crippen LogP contribution in [0.4, 0.5) is 0 Å². The van der Waals surface area contributed by atoms with Gasteiger partial charge in [-0.1, -0.05) is 48.5 Å². The Balaban J connectivity index is 1.49. The van der Waals surface area contributed by atoms with E-state index in [-0.39, 0.29) is 0 Å². The minimum atomic E-state index is 0.766. The first kappa shape index (κ1) is 13.6. The number of para-hydroxylation sites is 1. The Hall–Kier alpha value is -1.80. The first-order valence-corrected chi connectivity index (χ1v) is 6.87. The molecule has 0 heterocycles. The van der Waals surface area contributed by atoms with Crippen molar-refractivity contribution in [2.75, 3.05) is 19.7 Å². The third-order valence-electron chi connectivity index (χ3n) is 2.94. The highest BCUT2D eigenvalue weighted by Crippen LogP contribution is 2.08. The highest BCUT2D eigenvalue weighted by molar-refractivity contribution is 5.20. The van der Waals surface area contributed by atoms with Crippen LogP contribution < -0.4 is 10.1 Å². The van der Waals surface area contributed by atoms with Crippen LogP contribution in [0.25, 0.3) is 0 Å². The van der Waals surface area contributed by atoms with Gasteiger partial charge < -0.3 is 10.1 Å².